The van der Waals surface area contributed by atoms with Gasteiger partial charge >= 0.3 is 0 Å². The van der Waals surface area contributed by atoms with E-state index in [0.29, 0.717) is 4.73 Å². The molecule has 10 heavy (non-hydrogen) atoms. The van der Waals surface area contributed by atoms with Gasteiger partial charge in [0.05, 0.1) is 6.07 Å². The second kappa shape index (κ2) is 2.30. The maximum absolute atomic E-state index is 10.8. The van der Waals surface area contributed by atoms with Gasteiger partial charge in [-0.25, -0.2) is 4.73 Å². The fraction of sp³-hybridized carbons (Fsp3) is 0.200. The molecule has 1 aromatic rings. The van der Waals surface area contributed by atoms with E-state index in [1.807, 2.05) is 0 Å². The van der Waals surface area contributed by atoms with Crippen LogP contribution in [0.1, 0.15) is 5.82 Å². The summed E-state index contributed by atoms with van der Waals surface area (Å²) in [5.74, 6) is 0.322. The highest BCUT2D eigenvalue weighted by molar-refractivity contribution is 6.29. The van der Waals surface area contributed by atoms with Gasteiger partial charge in [-0.15, -0.1) is 0 Å². The number of hydrogen-bond donors (Lipinski definition) is 1. The highest BCUT2D eigenvalue weighted by Gasteiger charge is 2.03. The summed E-state index contributed by atoms with van der Waals surface area (Å²) < 4.78 is 0.520. The summed E-state index contributed by atoms with van der Waals surface area (Å²) in [7, 11) is 0. The summed E-state index contributed by atoms with van der Waals surface area (Å²) in [5, 5.41) is 11.0. The van der Waals surface area contributed by atoms with Crippen LogP contribution in [0.2, 0.25) is 5.15 Å². The van der Waals surface area contributed by atoms with E-state index in [0.717, 1.165) is 0 Å². The monoisotopic (exact) mass is 159 g/mol. The van der Waals surface area contributed by atoms with Gasteiger partial charge in [0.15, 0.2) is 0 Å². The molecule has 2 N–H and O–H groups in total. The van der Waals surface area contributed by atoms with Crippen LogP contribution < -0.4 is 10.5 Å². The van der Waals surface area contributed by atoms with Gasteiger partial charge in [-0.2, -0.15) is 0 Å². The van der Waals surface area contributed by atoms with Gasteiger partial charge < -0.3 is 10.9 Å². The van der Waals surface area contributed by atoms with Gasteiger partial charge in [0.1, 0.15) is 0 Å². The van der Waals surface area contributed by atoms with E-state index < -0.39 is 0 Å². The predicted octanol–water partition coefficient (Wildman–Crippen LogP) is 0.259. The molecule has 1 rings (SSSR count). The van der Waals surface area contributed by atoms with Crippen molar-refractivity contribution in [3.05, 3.63) is 22.3 Å². The van der Waals surface area contributed by atoms with E-state index in [1.54, 1.807) is 0 Å². The minimum Gasteiger partial charge on any atom is -0.740 e. The van der Waals surface area contributed by atoms with Crippen molar-refractivity contribution in [2.24, 2.45) is 0 Å². The number of nitrogens with two attached hydrogens (primary N) is 1. The maximum atomic E-state index is 10.8. The summed E-state index contributed by atoms with van der Waals surface area (Å²) in [4.78, 5) is 3.67. The molecule has 0 saturated heterocycles. The van der Waals surface area contributed by atoms with Crippen molar-refractivity contribution in [1.82, 2.24) is 4.98 Å². The van der Waals surface area contributed by atoms with Crippen molar-refractivity contribution in [3.63, 3.8) is 0 Å². The van der Waals surface area contributed by atoms with Crippen LogP contribution in [0.4, 0.5) is 5.82 Å². The normalized spacial score (nSPS) is 9.80. The number of hydrogen-bond acceptors (Lipinski definition) is 3. The van der Waals surface area contributed by atoms with Gasteiger partial charge in [-0.05, 0) is 11.6 Å². The van der Waals surface area contributed by atoms with Gasteiger partial charge in [-0.1, -0.05) is 4.98 Å². The molecule has 0 radical (unpaired) electrons. The molecule has 54 valence electrons. The van der Waals surface area contributed by atoms with Crippen molar-refractivity contribution >= 4 is 17.4 Å². The van der Waals surface area contributed by atoms with Crippen molar-refractivity contribution in [2.75, 3.05) is 5.73 Å². The second-order valence-electron chi connectivity index (χ2n) is 1.85. The maximum Gasteiger partial charge on any atom is 0.237 e. The molecule has 0 aliphatic rings. The fourth-order valence-electron chi connectivity index (χ4n) is 0.600. The predicted molar refractivity (Wildman–Crippen MR) is 37.4 cm³/mol. The lowest BCUT2D eigenvalue weighted by Crippen LogP contribution is -2.34. The molecule has 4 nitrogen and oxygen atoms in total. The number of halogens is 1. The first-order valence-electron chi connectivity index (χ1n) is 2.63. The van der Waals surface area contributed by atoms with Crippen LogP contribution in [-0.2, 0) is 0 Å². The van der Waals surface area contributed by atoms with Crippen LogP contribution in [0.5, 0.6) is 0 Å². The molecular formula is C5H6ClN3O. The molecular weight excluding hydrogens is 154 g/mol. The lowest BCUT2D eigenvalue weighted by Gasteiger charge is -2.06. The molecule has 5 heteroatoms. The zero-order chi connectivity index (χ0) is 7.72. The van der Waals surface area contributed by atoms with Gasteiger partial charge in [0, 0.05) is 6.92 Å². The van der Waals surface area contributed by atoms with Crippen LogP contribution in [-0.4, -0.2) is 4.98 Å². The summed E-state index contributed by atoms with van der Waals surface area (Å²) in [6, 6.07) is 1.31. The average Bonchev–Trinajstić information content (AvgIpc) is 1.82. The van der Waals surface area contributed by atoms with Crippen molar-refractivity contribution in [3.8, 4) is 0 Å². The minimum atomic E-state index is 0.0671. The number of aromatic nitrogens is 2. The summed E-state index contributed by atoms with van der Waals surface area (Å²) in [6.07, 6.45) is 0. The molecule has 1 heterocycles. The van der Waals surface area contributed by atoms with E-state index in [9.17, 15) is 5.21 Å². The molecule has 0 bridgehead atoms. The Balaban J connectivity index is 3.31. The van der Waals surface area contributed by atoms with Gasteiger partial charge in [0.2, 0.25) is 16.8 Å². The molecule has 0 atom stereocenters. The third-order valence-electron chi connectivity index (χ3n) is 1.06. The third-order valence-corrected chi connectivity index (χ3v) is 1.26. The Hall–Kier alpha value is -1.03. The number of anilines is 1. The zero-order valence-corrected chi connectivity index (χ0v) is 6.09. The van der Waals surface area contributed by atoms with Crippen LogP contribution in [0.25, 0.3) is 0 Å². The largest absolute Gasteiger partial charge is 0.740 e. The fourth-order valence-corrected chi connectivity index (χ4v) is 0.834. The van der Waals surface area contributed by atoms with Crippen molar-refractivity contribution < 1.29 is 4.73 Å². The first-order chi connectivity index (χ1) is 4.61. The Kier molecular flexibility index (Phi) is 1.63. The third kappa shape index (κ3) is 1.11. The van der Waals surface area contributed by atoms with Crippen molar-refractivity contribution in [1.29, 1.82) is 0 Å². The standard InChI is InChI=1S/C5H6ClN3O/c1-3-8-4(6)2-5(7)9(3)10/h2H,7H2,1H3. The molecule has 1 aromatic heterocycles. The van der Waals surface area contributed by atoms with E-state index in [-0.39, 0.29) is 16.8 Å². The highest BCUT2D eigenvalue weighted by atomic mass is 35.5. The Morgan fingerprint density at radius 1 is 1.80 bits per heavy atom. The Bertz CT molecular complexity index is 240. The first-order valence-corrected chi connectivity index (χ1v) is 3.01. The quantitative estimate of drug-likeness (QED) is 0.336. The number of nitrogens with zero attached hydrogens (tertiary/aromatic N) is 2. The second-order valence-corrected chi connectivity index (χ2v) is 2.23. The molecule has 0 unspecified atom stereocenters. The SMILES string of the molecule is Cc1nc(Cl)cc(N)[n+]1[O-]. The summed E-state index contributed by atoms with van der Waals surface area (Å²) >= 11 is 5.48. The first kappa shape index (κ1) is 7.08. The molecule has 0 fully saturated rings. The molecule has 0 amide bonds. The van der Waals surface area contributed by atoms with Crippen molar-refractivity contribution in [2.45, 2.75) is 6.92 Å². The topological polar surface area (TPSA) is 65.8 Å². The Morgan fingerprint density at radius 2 is 2.40 bits per heavy atom. The van der Waals surface area contributed by atoms with Gasteiger partial charge in [0.25, 0.3) is 0 Å². The van der Waals surface area contributed by atoms with Crippen LogP contribution in [0.15, 0.2) is 6.07 Å². The van der Waals surface area contributed by atoms with Crippen LogP contribution in [0.3, 0.4) is 0 Å². The zero-order valence-electron chi connectivity index (χ0n) is 5.34. The summed E-state index contributed by atoms with van der Waals surface area (Å²) in [5.41, 5.74) is 5.25. The molecule has 0 spiro atoms. The molecule has 0 aromatic carbocycles. The number of nitrogen functional groups attached to an aromatic ring is 1. The van der Waals surface area contributed by atoms with Gasteiger partial charge in [-0.3, -0.25) is 0 Å². The average molecular weight is 160 g/mol. The number of rotatable bonds is 0. The van der Waals surface area contributed by atoms with E-state index in [2.05, 4.69) is 4.98 Å². The molecule has 0 saturated carbocycles. The van der Waals surface area contributed by atoms with Crippen LogP contribution in [0, 0.1) is 12.1 Å². The smallest absolute Gasteiger partial charge is 0.237 e. The highest BCUT2D eigenvalue weighted by Crippen LogP contribution is 2.05. The Labute approximate surface area is 62.8 Å². The minimum absolute atomic E-state index is 0.0671. The molecule has 0 aliphatic carbocycles. The van der Waals surface area contributed by atoms with E-state index in [4.69, 9.17) is 17.3 Å². The van der Waals surface area contributed by atoms with E-state index >= 15 is 0 Å². The summed E-state index contributed by atoms with van der Waals surface area (Å²) in [6.45, 7) is 1.54. The van der Waals surface area contributed by atoms with Crippen LogP contribution >= 0.6 is 11.6 Å². The lowest BCUT2D eigenvalue weighted by molar-refractivity contribution is -0.600. The Morgan fingerprint density at radius 3 is 2.90 bits per heavy atom. The molecule has 0 aliphatic heterocycles. The lowest BCUT2D eigenvalue weighted by atomic mass is 10.5. The number of aryl methyl sites for hydroxylation is 1. The van der Waals surface area contributed by atoms with E-state index in [1.165, 1.54) is 13.0 Å².